The standard InChI is InChI=1S/C32H49NO/c1-3-5-7-9-11-25-34-31-22-20-30(21-23-31)32-24-19-29(26-33-32)18-17-28-15-13-27(14-16-28)12-10-8-6-4-2/h19-24,26-28H,3-18,25H2,1-2H3. The van der Waals surface area contributed by atoms with Crippen LogP contribution in [0, 0.1) is 11.8 Å². The van der Waals surface area contributed by atoms with Crippen molar-refractivity contribution in [2.75, 3.05) is 6.61 Å². The lowest BCUT2D eigenvalue weighted by atomic mass is 9.78. The summed E-state index contributed by atoms with van der Waals surface area (Å²) in [6.45, 7) is 5.37. The number of pyridine rings is 1. The van der Waals surface area contributed by atoms with Gasteiger partial charge in [-0.1, -0.05) is 103 Å². The molecule has 0 saturated heterocycles. The molecule has 0 amide bonds. The van der Waals surface area contributed by atoms with Crippen LogP contribution in [0.15, 0.2) is 42.6 Å². The van der Waals surface area contributed by atoms with Crippen molar-refractivity contribution in [3.63, 3.8) is 0 Å². The van der Waals surface area contributed by atoms with Gasteiger partial charge in [-0.3, -0.25) is 4.98 Å². The zero-order valence-corrected chi connectivity index (χ0v) is 22.1. The van der Waals surface area contributed by atoms with Crippen LogP contribution in [0.2, 0.25) is 0 Å². The lowest BCUT2D eigenvalue weighted by Gasteiger charge is -2.28. The summed E-state index contributed by atoms with van der Waals surface area (Å²) >= 11 is 0. The maximum absolute atomic E-state index is 5.90. The van der Waals surface area contributed by atoms with Crippen molar-refractivity contribution in [2.24, 2.45) is 11.8 Å². The first-order chi connectivity index (χ1) is 16.8. The zero-order chi connectivity index (χ0) is 23.8. The Morgan fingerprint density at radius 2 is 1.35 bits per heavy atom. The Hall–Kier alpha value is -1.83. The summed E-state index contributed by atoms with van der Waals surface area (Å²) in [6, 6.07) is 12.9. The highest BCUT2D eigenvalue weighted by Gasteiger charge is 2.20. The number of benzene rings is 1. The van der Waals surface area contributed by atoms with Gasteiger partial charge >= 0.3 is 0 Å². The first-order valence-electron chi connectivity index (χ1n) is 14.5. The highest BCUT2D eigenvalue weighted by molar-refractivity contribution is 5.60. The third-order valence-corrected chi connectivity index (χ3v) is 7.76. The molecule has 1 aromatic heterocycles. The topological polar surface area (TPSA) is 22.1 Å². The van der Waals surface area contributed by atoms with Crippen molar-refractivity contribution < 1.29 is 4.74 Å². The molecule has 1 aliphatic carbocycles. The van der Waals surface area contributed by atoms with Crippen LogP contribution in [0.1, 0.15) is 116 Å². The van der Waals surface area contributed by atoms with E-state index in [0.717, 1.165) is 36.3 Å². The van der Waals surface area contributed by atoms with Crippen LogP contribution in [0.25, 0.3) is 11.3 Å². The molecule has 3 rings (SSSR count). The van der Waals surface area contributed by atoms with Crippen LogP contribution < -0.4 is 4.74 Å². The SMILES string of the molecule is CCCCCCCOc1ccc(-c2ccc(CCC3CCC(CCCCCC)CC3)cn2)cc1. The second-order valence-electron chi connectivity index (χ2n) is 10.6. The predicted octanol–water partition coefficient (Wildman–Crippen LogP) is 9.81. The Bertz CT molecular complexity index is 759. The molecule has 2 heteroatoms. The smallest absolute Gasteiger partial charge is 0.119 e. The van der Waals surface area contributed by atoms with E-state index in [9.17, 15) is 0 Å². The van der Waals surface area contributed by atoms with Crippen LogP contribution in [0.5, 0.6) is 5.75 Å². The number of hydrogen-bond donors (Lipinski definition) is 0. The van der Waals surface area contributed by atoms with Gasteiger partial charge in [-0.15, -0.1) is 0 Å². The van der Waals surface area contributed by atoms with Gasteiger partial charge in [-0.2, -0.15) is 0 Å². The molecule has 0 atom stereocenters. The lowest BCUT2D eigenvalue weighted by Crippen LogP contribution is -2.15. The van der Waals surface area contributed by atoms with Crippen LogP contribution in [0.4, 0.5) is 0 Å². The van der Waals surface area contributed by atoms with Gasteiger partial charge in [0.25, 0.3) is 0 Å². The van der Waals surface area contributed by atoms with E-state index in [1.165, 1.54) is 107 Å². The minimum Gasteiger partial charge on any atom is -0.494 e. The van der Waals surface area contributed by atoms with Gasteiger partial charge in [0.2, 0.25) is 0 Å². The maximum Gasteiger partial charge on any atom is 0.119 e. The van der Waals surface area contributed by atoms with Crippen molar-refractivity contribution in [3.8, 4) is 17.0 Å². The molecule has 0 N–H and O–H groups in total. The van der Waals surface area contributed by atoms with E-state index in [0.29, 0.717) is 0 Å². The number of nitrogens with zero attached hydrogens (tertiary/aromatic N) is 1. The first kappa shape index (κ1) is 26.8. The molecular weight excluding hydrogens is 414 g/mol. The van der Waals surface area contributed by atoms with Gasteiger partial charge in [-0.25, -0.2) is 0 Å². The number of ether oxygens (including phenoxy) is 1. The van der Waals surface area contributed by atoms with Crippen LogP contribution >= 0.6 is 0 Å². The van der Waals surface area contributed by atoms with E-state index in [4.69, 9.17) is 9.72 Å². The van der Waals surface area contributed by atoms with E-state index < -0.39 is 0 Å². The molecular formula is C32H49NO. The van der Waals surface area contributed by atoms with Crippen molar-refractivity contribution in [1.82, 2.24) is 4.98 Å². The number of rotatable bonds is 16. The molecule has 0 bridgehead atoms. The van der Waals surface area contributed by atoms with Crippen LogP contribution in [-0.2, 0) is 6.42 Å². The van der Waals surface area contributed by atoms with Gasteiger partial charge in [0.05, 0.1) is 12.3 Å². The van der Waals surface area contributed by atoms with Crippen molar-refractivity contribution >= 4 is 0 Å². The van der Waals surface area contributed by atoms with E-state index >= 15 is 0 Å². The van der Waals surface area contributed by atoms with Crippen LogP contribution in [0.3, 0.4) is 0 Å². The third kappa shape index (κ3) is 9.80. The summed E-state index contributed by atoms with van der Waals surface area (Å²) in [5.74, 6) is 2.90. The lowest BCUT2D eigenvalue weighted by molar-refractivity contribution is 0.249. The van der Waals surface area contributed by atoms with Crippen LogP contribution in [-0.4, -0.2) is 11.6 Å². The average Bonchev–Trinajstić information content (AvgIpc) is 2.89. The van der Waals surface area contributed by atoms with E-state index in [2.05, 4.69) is 56.4 Å². The maximum atomic E-state index is 5.90. The van der Waals surface area contributed by atoms with Gasteiger partial charge < -0.3 is 4.74 Å². The molecule has 0 aliphatic heterocycles. The molecule has 0 unspecified atom stereocenters. The Morgan fingerprint density at radius 1 is 0.706 bits per heavy atom. The fourth-order valence-electron chi connectivity index (χ4n) is 5.40. The van der Waals surface area contributed by atoms with Gasteiger partial charge in [0.15, 0.2) is 0 Å². The molecule has 2 aromatic rings. The molecule has 34 heavy (non-hydrogen) atoms. The molecule has 0 radical (unpaired) electrons. The summed E-state index contributed by atoms with van der Waals surface area (Å²) < 4.78 is 5.90. The number of hydrogen-bond acceptors (Lipinski definition) is 2. The monoisotopic (exact) mass is 463 g/mol. The Balaban J connectivity index is 1.34. The van der Waals surface area contributed by atoms with Crippen molar-refractivity contribution in [1.29, 1.82) is 0 Å². The number of aryl methyl sites for hydroxylation is 1. The fourth-order valence-corrected chi connectivity index (χ4v) is 5.40. The Kier molecular flexibility index (Phi) is 12.6. The van der Waals surface area contributed by atoms with E-state index in [1.807, 2.05) is 0 Å². The highest BCUT2D eigenvalue weighted by atomic mass is 16.5. The number of unbranched alkanes of at least 4 members (excludes halogenated alkanes) is 7. The molecule has 1 fully saturated rings. The molecule has 1 aromatic carbocycles. The summed E-state index contributed by atoms with van der Waals surface area (Å²) in [7, 11) is 0. The zero-order valence-electron chi connectivity index (χ0n) is 22.1. The molecule has 1 heterocycles. The summed E-state index contributed by atoms with van der Waals surface area (Å²) in [4.78, 5) is 4.77. The summed E-state index contributed by atoms with van der Waals surface area (Å²) in [5, 5.41) is 0. The molecule has 2 nitrogen and oxygen atoms in total. The van der Waals surface area contributed by atoms with E-state index in [1.54, 1.807) is 0 Å². The molecule has 1 saturated carbocycles. The second-order valence-corrected chi connectivity index (χ2v) is 10.6. The quantitative estimate of drug-likeness (QED) is 0.231. The normalized spacial score (nSPS) is 18.2. The fraction of sp³-hybridized carbons (Fsp3) is 0.656. The van der Waals surface area contributed by atoms with Crippen molar-refractivity contribution in [2.45, 2.75) is 117 Å². The Morgan fingerprint density at radius 3 is 2.00 bits per heavy atom. The molecule has 188 valence electrons. The molecule has 0 spiro atoms. The second kappa shape index (κ2) is 16.0. The minimum atomic E-state index is 0.816. The van der Waals surface area contributed by atoms with Gasteiger partial charge in [0, 0.05) is 11.8 Å². The van der Waals surface area contributed by atoms with Crippen molar-refractivity contribution in [3.05, 3.63) is 48.2 Å². The molecule has 1 aliphatic rings. The van der Waals surface area contributed by atoms with Gasteiger partial charge in [-0.05, 0) is 67.0 Å². The highest BCUT2D eigenvalue weighted by Crippen LogP contribution is 2.34. The number of aromatic nitrogens is 1. The summed E-state index contributed by atoms with van der Waals surface area (Å²) in [5.41, 5.74) is 3.60. The summed E-state index contributed by atoms with van der Waals surface area (Å²) in [6.07, 6.45) is 23.9. The largest absolute Gasteiger partial charge is 0.494 e. The minimum absolute atomic E-state index is 0.816. The van der Waals surface area contributed by atoms with E-state index in [-0.39, 0.29) is 0 Å². The predicted molar refractivity (Wildman–Crippen MR) is 146 cm³/mol. The first-order valence-corrected chi connectivity index (χ1v) is 14.5. The van der Waals surface area contributed by atoms with Gasteiger partial charge in [0.1, 0.15) is 5.75 Å². The third-order valence-electron chi connectivity index (χ3n) is 7.76. The Labute approximate surface area is 209 Å². The average molecular weight is 464 g/mol.